The number of carbonyl (C=O) groups is 2. The van der Waals surface area contributed by atoms with Gasteiger partial charge in [0.1, 0.15) is 6.04 Å². The van der Waals surface area contributed by atoms with Gasteiger partial charge >= 0.3 is 5.97 Å². The number of nitrogens with one attached hydrogen (secondary N) is 1. The predicted molar refractivity (Wildman–Crippen MR) is 76.7 cm³/mol. The van der Waals surface area contributed by atoms with Crippen LogP contribution in [0, 0.1) is 0 Å². The Hall–Kier alpha value is -0.790. The number of aliphatic carboxylic acids is 1. The third-order valence-corrected chi connectivity index (χ3v) is 4.98. The number of carboxylic acid groups (broad SMARTS) is 1. The zero-order valence-corrected chi connectivity index (χ0v) is 12.5. The molecule has 0 bridgehead atoms. The van der Waals surface area contributed by atoms with Crippen LogP contribution >= 0.6 is 11.8 Å². The molecular weight excluding hydrogens is 280 g/mol. The number of rotatable bonds is 5. The summed E-state index contributed by atoms with van der Waals surface area (Å²) in [5.41, 5.74) is 0. The number of nitrogens with zero attached hydrogens (tertiary/aromatic N) is 1. The third-order valence-electron chi connectivity index (χ3n) is 3.62. The number of carboxylic acids is 1. The Labute approximate surface area is 123 Å². The molecule has 0 aromatic rings. The van der Waals surface area contributed by atoms with Gasteiger partial charge < -0.3 is 20.1 Å². The summed E-state index contributed by atoms with van der Waals surface area (Å²) in [6.45, 7) is 3.98. The highest BCUT2D eigenvalue weighted by Crippen LogP contribution is 2.33. The average molecular weight is 302 g/mol. The Bertz CT molecular complexity index is 360. The van der Waals surface area contributed by atoms with Crippen LogP contribution in [0.15, 0.2) is 0 Å². The number of hydrogen-bond donors (Lipinski definition) is 2. The molecule has 0 radical (unpaired) electrons. The molecule has 20 heavy (non-hydrogen) atoms. The van der Waals surface area contributed by atoms with E-state index >= 15 is 0 Å². The number of carbonyl (C=O) groups excluding carboxylic acids is 1. The zero-order valence-electron chi connectivity index (χ0n) is 11.7. The lowest BCUT2D eigenvalue weighted by Gasteiger charge is -2.30. The molecule has 7 heteroatoms. The van der Waals surface area contributed by atoms with Crippen LogP contribution in [0.3, 0.4) is 0 Å². The fourth-order valence-electron chi connectivity index (χ4n) is 2.62. The number of ether oxygens (including phenoxy) is 1. The van der Waals surface area contributed by atoms with Crippen molar-refractivity contribution in [3.05, 3.63) is 0 Å². The highest BCUT2D eigenvalue weighted by Gasteiger charge is 2.41. The lowest BCUT2D eigenvalue weighted by molar-refractivity contribution is -0.149. The molecule has 0 aromatic heterocycles. The monoisotopic (exact) mass is 302 g/mol. The molecule has 1 amide bonds. The minimum atomic E-state index is -0.905. The Balaban J connectivity index is 2.00. The maximum Gasteiger partial charge on any atom is 0.327 e. The molecule has 2 N–H and O–H groups in total. The second-order valence-corrected chi connectivity index (χ2v) is 6.37. The lowest BCUT2D eigenvalue weighted by atomic mass is 10.1. The third kappa shape index (κ3) is 3.65. The van der Waals surface area contributed by atoms with E-state index in [2.05, 4.69) is 5.32 Å². The topological polar surface area (TPSA) is 78.9 Å². The Morgan fingerprint density at radius 1 is 1.50 bits per heavy atom. The summed E-state index contributed by atoms with van der Waals surface area (Å²) in [6.07, 6.45) is 2.10. The van der Waals surface area contributed by atoms with Crippen molar-refractivity contribution in [2.75, 3.05) is 25.5 Å². The van der Waals surface area contributed by atoms with E-state index < -0.39 is 12.0 Å². The van der Waals surface area contributed by atoms with Crippen LogP contribution in [0.5, 0.6) is 0 Å². The second kappa shape index (κ2) is 7.28. The number of thioether (sulfide) groups is 1. The second-order valence-electron chi connectivity index (χ2n) is 5.16. The number of hydrogen-bond acceptors (Lipinski definition) is 5. The summed E-state index contributed by atoms with van der Waals surface area (Å²) >= 11 is 1.57. The lowest BCUT2D eigenvalue weighted by Crippen LogP contribution is -2.49. The van der Waals surface area contributed by atoms with Gasteiger partial charge in [0, 0.05) is 24.8 Å². The fraction of sp³-hybridized carbons (Fsp3) is 0.846. The highest BCUT2D eigenvalue weighted by molar-refractivity contribution is 8.00. The summed E-state index contributed by atoms with van der Waals surface area (Å²) < 4.78 is 5.34. The van der Waals surface area contributed by atoms with Crippen molar-refractivity contribution < 1.29 is 19.4 Å². The van der Waals surface area contributed by atoms with Gasteiger partial charge in [-0.05, 0) is 6.42 Å². The first-order chi connectivity index (χ1) is 9.63. The van der Waals surface area contributed by atoms with E-state index in [9.17, 15) is 14.7 Å². The van der Waals surface area contributed by atoms with Crippen molar-refractivity contribution in [1.82, 2.24) is 10.2 Å². The summed E-state index contributed by atoms with van der Waals surface area (Å²) in [6, 6.07) is -0.688. The van der Waals surface area contributed by atoms with Crippen LogP contribution < -0.4 is 5.32 Å². The summed E-state index contributed by atoms with van der Waals surface area (Å²) in [7, 11) is 0. The minimum absolute atomic E-state index is 0.00132. The van der Waals surface area contributed by atoms with Crippen molar-refractivity contribution in [2.45, 2.75) is 43.6 Å². The fourth-order valence-corrected chi connectivity index (χ4v) is 4.16. The molecule has 2 aliphatic heterocycles. The molecule has 3 unspecified atom stereocenters. The zero-order chi connectivity index (χ0) is 14.5. The minimum Gasteiger partial charge on any atom is -0.480 e. The summed E-state index contributed by atoms with van der Waals surface area (Å²) in [5.74, 6) is -0.499. The molecule has 2 fully saturated rings. The molecule has 6 nitrogen and oxygen atoms in total. The number of amides is 1. The molecule has 114 valence electrons. The van der Waals surface area contributed by atoms with Crippen molar-refractivity contribution in [2.24, 2.45) is 0 Å². The predicted octanol–water partition coefficient (Wildman–Crippen LogP) is 0.520. The Kier molecular flexibility index (Phi) is 5.68. The van der Waals surface area contributed by atoms with Crippen LogP contribution in [0.4, 0.5) is 0 Å². The van der Waals surface area contributed by atoms with E-state index in [0.29, 0.717) is 25.4 Å². The standard InChI is InChI=1S/C13H22N2O4S/c1-2-3-12-15(10(8-20-12)13(17)18)11(16)6-9-7-19-5-4-14-9/h9-10,12,14H,2-8H2,1H3,(H,17,18). The van der Waals surface area contributed by atoms with Gasteiger partial charge in [-0.15, -0.1) is 11.8 Å². The normalized spacial score (nSPS) is 30.4. The maximum atomic E-state index is 12.5. The van der Waals surface area contributed by atoms with Crippen LogP contribution in [-0.4, -0.2) is 64.9 Å². The van der Waals surface area contributed by atoms with Gasteiger partial charge in [0.15, 0.2) is 0 Å². The summed E-state index contributed by atoms with van der Waals surface area (Å²) in [4.78, 5) is 25.4. The van der Waals surface area contributed by atoms with E-state index in [4.69, 9.17) is 4.74 Å². The SMILES string of the molecule is CCCC1SCC(C(=O)O)N1C(=O)CC1COCCN1. The molecule has 2 rings (SSSR count). The van der Waals surface area contributed by atoms with Gasteiger partial charge in [0.2, 0.25) is 5.91 Å². The smallest absolute Gasteiger partial charge is 0.327 e. The first-order valence-electron chi connectivity index (χ1n) is 7.10. The van der Waals surface area contributed by atoms with Crippen molar-refractivity contribution in [1.29, 1.82) is 0 Å². The van der Waals surface area contributed by atoms with E-state index in [-0.39, 0.29) is 17.3 Å². The van der Waals surface area contributed by atoms with Crippen LogP contribution in [0.25, 0.3) is 0 Å². The molecule has 2 saturated heterocycles. The largest absolute Gasteiger partial charge is 0.480 e. The molecule has 0 saturated carbocycles. The van der Waals surface area contributed by atoms with Gasteiger partial charge in [0.05, 0.1) is 18.6 Å². The average Bonchev–Trinajstić information content (AvgIpc) is 2.84. The van der Waals surface area contributed by atoms with Gasteiger partial charge in [0.25, 0.3) is 0 Å². The molecule has 0 aliphatic carbocycles. The van der Waals surface area contributed by atoms with Gasteiger partial charge in [-0.2, -0.15) is 0 Å². The summed E-state index contributed by atoms with van der Waals surface area (Å²) in [5, 5.41) is 12.5. The van der Waals surface area contributed by atoms with E-state index in [1.807, 2.05) is 6.92 Å². The van der Waals surface area contributed by atoms with Gasteiger partial charge in [-0.1, -0.05) is 13.3 Å². The Morgan fingerprint density at radius 3 is 2.90 bits per heavy atom. The van der Waals surface area contributed by atoms with Crippen LogP contribution in [0.2, 0.25) is 0 Å². The molecule has 2 heterocycles. The molecule has 2 aliphatic rings. The van der Waals surface area contributed by atoms with Crippen molar-refractivity contribution in [3.8, 4) is 0 Å². The first-order valence-corrected chi connectivity index (χ1v) is 8.15. The molecule has 0 aromatic carbocycles. The van der Waals surface area contributed by atoms with Gasteiger partial charge in [-0.3, -0.25) is 4.79 Å². The van der Waals surface area contributed by atoms with E-state index in [1.54, 1.807) is 16.7 Å². The highest BCUT2D eigenvalue weighted by atomic mass is 32.2. The molecular formula is C13H22N2O4S. The maximum absolute atomic E-state index is 12.5. The molecule has 3 atom stereocenters. The van der Waals surface area contributed by atoms with Gasteiger partial charge in [-0.25, -0.2) is 4.79 Å². The quantitative estimate of drug-likeness (QED) is 0.771. The van der Waals surface area contributed by atoms with E-state index in [0.717, 1.165) is 19.4 Å². The van der Waals surface area contributed by atoms with Crippen LogP contribution in [0.1, 0.15) is 26.2 Å². The van der Waals surface area contributed by atoms with E-state index in [1.165, 1.54) is 0 Å². The van der Waals surface area contributed by atoms with Crippen molar-refractivity contribution in [3.63, 3.8) is 0 Å². The first kappa shape index (κ1) is 15.6. The van der Waals surface area contributed by atoms with Crippen molar-refractivity contribution >= 4 is 23.6 Å². The number of morpholine rings is 1. The Morgan fingerprint density at radius 2 is 2.30 bits per heavy atom. The molecule has 0 spiro atoms. The van der Waals surface area contributed by atoms with Crippen LogP contribution in [-0.2, 0) is 14.3 Å².